The highest BCUT2D eigenvalue weighted by Gasteiger charge is 2.35. The van der Waals surface area contributed by atoms with Crippen molar-refractivity contribution in [1.29, 1.82) is 0 Å². The number of carbonyl (C=O) groups is 2. The second-order valence-corrected chi connectivity index (χ2v) is 9.58. The first-order valence-corrected chi connectivity index (χ1v) is 10.8. The molecule has 1 heterocycles. The molecule has 1 aromatic carbocycles. The minimum Gasteiger partial charge on any atom is -0.496 e. The van der Waals surface area contributed by atoms with Gasteiger partial charge in [-0.05, 0) is 30.5 Å². The van der Waals surface area contributed by atoms with Crippen molar-refractivity contribution in [3.05, 3.63) is 28.8 Å². The SMILES string of the molecule is COc1ccc(Cl)cc1C(=O)OCC(=O)N(CC(C)C)[C@H]1CCS(=O)(=O)C1. The van der Waals surface area contributed by atoms with E-state index in [1.54, 1.807) is 6.07 Å². The molecular weight excluding hydrogens is 394 g/mol. The van der Waals surface area contributed by atoms with E-state index in [-0.39, 0.29) is 34.8 Å². The molecule has 0 bridgehead atoms. The van der Waals surface area contributed by atoms with Gasteiger partial charge in [0.2, 0.25) is 0 Å². The van der Waals surface area contributed by atoms with Crippen LogP contribution < -0.4 is 4.74 Å². The average molecular weight is 418 g/mol. The standard InChI is InChI=1S/C18H24ClNO6S/c1-12(2)9-20(14-6-7-27(23,24)11-14)17(21)10-26-18(22)15-8-13(19)4-5-16(15)25-3/h4-5,8,12,14H,6-7,9-11H2,1-3H3/t14-/m0/s1. The predicted octanol–water partition coefficient (Wildman–Crippen LogP) is 2.18. The molecule has 2 rings (SSSR count). The summed E-state index contributed by atoms with van der Waals surface area (Å²) in [5, 5.41) is 0.340. The molecule has 1 aromatic rings. The Morgan fingerprint density at radius 3 is 2.59 bits per heavy atom. The van der Waals surface area contributed by atoms with E-state index in [9.17, 15) is 18.0 Å². The predicted molar refractivity (Wildman–Crippen MR) is 102 cm³/mol. The van der Waals surface area contributed by atoms with E-state index in [1.807, 2.05) is 13.8 Å². The van der Waals surface area contributed by atoms with Crippen LogP contribution in [-0.2, 0) is 19.4 Å². The number of carbonyl (C=O) groups excluding carboxylic acids is 2. The summed E-state index contributed by atoms with van der Waals surface area (Å²) in [6, 6.07) is 4.13. The van der Waals surface area contributed by atoms with E-state index >= 15 is 0 Å². The minimum absolute atomic E-state index is 0.0540. The third-order valence-electron chi connectivity index (χ3n) is 4.24. The van der Waals surface area contributed by atoms with Crippen LogP contribution in [0.4, 0.5) is 0 Å². The van der Waals surface area contributed by atoms with Crippen molar-refractivity contribution in [2.75, 3.05) is 31.8 Å². The first-order valence-electron chi connectivity index (χ1n) is 8.63. The monoisotopic (exact) mass is 417 g/mol. The van der Waals surface area contributed by atoms with Crippen LogP contribution in [0.15, 0.2) is 18.2 Å². The van der Waals surface area contributed by atoms with Gasteiger partial charge in [0.1, 0.15) is 11.3 Å². The maximum Gasteiger partial charge on any atom is 0.342 e. The Hall–Kier alpha value is -1.80. The largest absolute Gasteiger partial charge is 0.496 e. The van der Waals surface area contributed by atoms with Gasteiger partial charge in [-0.2, -0.15) is 0 Å². The lowest BCUT2D eigenvalue weighted by molar-refractivity contribution is -0.137. The van der Waals surface area contributed by atoms with Crippen LogP contribution in [0.5, 0.6) is 5.75 Å². The van der Waals surface area contributed by atoms with Gasteiger partial charge in [-0.25, -0.2) is 13.2 Å². The highest BCUT2D eigenvalue weighted by molar-refractivity contribution is 7.91. The number of esters is 1. The van der Waals surface area contributed by atoms with Gasteiger partial charge in [0, 0.05) is 17.6 Å². The van der Waals surface area contributed by atoms with Crippen molar-refractivity contribution < 1.29 is 27.5 Å². The summed E-state index contributed by atoms with van der Waals surface area (Å²) in [7, 11) is -1.72. The Morgan fingerprint density at radius 1 is 1.33 bits per heavy atom. The van der Waals surface area contributed by atoms with Gasteiger partial charge < -0.3 is 14.4 Å². The van der Waals surface area contributed by atoms with Gasteiger partial charge in [0.15, 0.2) is 16.4 Å². The number of methoxy groups -OCH3 is 1. The highest BCUT2D eigenvalue weighted by atomic mass is 35.5. The lowest BCUT2D eigenvalue weighted by Gasteiger charge is -2.29. The van der Waals surface area contributed by atoms with E-state index in [2.05, 4.69) is 0 Å². The molecule has 1 atom stereocenters. The first kappa shape index (κ1) is 21.5. The van der Waals surface area contributed by atoms with Crippen LogP contribution in [0.3, 0.4) is 0 Å². The normalized spacial score (nSPS) is 18.3. The van der Waals surface area contributed by atoms with Crippen molar-refractivity contribution >= 4 is 33.3 Å². The average Bonchev–Trinajstić information content (AvgIpc) is 2.96. The molecule has 1 aliphatic heterocycles. The molecule has 1 saturated heterocycles. The van der Waals surface area contributed by atoms with Gasteiger partial charge in [-0.1, -0.05) is 25.4 Å². The Kier molecular flexibility index (Phi) is 7.11. The smallest absolute Gasteiger partial charge is 0.342 e. The van der Waals surface area contributed by atoms with Crippen LogP contribution in [0, 0.1) is 5.92 Å². The van der Waals surface area contributed by atoms with Crippen LogP contribution in [0.2, 0.25) is 5.02 Å². The fourth-order valence-corrected chi connectivity index (χ4v) is 4.90. The molecule has 9 heteroatoms. The molecule has 0 spiro atoms. The van der Waals surface area contributed by atoms with Crippen LogP contribution >= 0.6 is 11.6 Å². The second kappa shape index (κ2) is 8.93. The molecule has 27 heavy (non-hydrogen) atoms. The van der Waals surface area contributed by atoms with Crippen molar-refractivity contribution in [2.45, 2.75) is 26.3 Å². The number of halogens is 1. The van der Waals surface area contributed by atoms with Gasteiger partial charge in [-0.15, -0.1) is 0 Å². The fraction of sp³-hybridized carbons (Fsp3) is 0.556. The maximum atomic E-state index is 12.6. The third-order valence-corrected chi connectivity index (χ3v) is 6.22. The van der Waals surface area contributed by atoms with Crippen molar-refractivity contribution in [3.63, 3.8) is 0 Å². The van der Waals surface area contributed by atoms with Crippen LogP contribution in [0.1, 0.15) is 30.6 Å². The summed E-state index contributed by atoms with van der Waals surface area (Å²) < 4.78 is 33.8. The number of amides is 1. The van der Waals surface area contributed by atoms with E-state index < -0.39 is 28.3 Å². The minimum atomic E-state index is -3.13. The second-order valence-electron chi connectivity index (χ2n) is 6.92. The number of ether oxygens (including phenoxy) is 2. The fourth-order valence-electron chi connectivity index (χ4n) is 3.00. The quantitative estimate of drug-likeness (QED) is 0.631. The molecule has 0 N–H and O–H groups in total. The van der Waals surface area contributed by atoms with Gasteiger partial charge in [-0.3, -0.25) is 4.79 Å². The molecule has 1 aliphatic rings. The summed E-state index contributed by atoms with van der Waals surface area (Å²) in [4.78, 5) is 26.5. The van der Waals surface area contributed by atoms with Gasteiger partial charge in [0.05, 0.1) is 18.6 Å². The summed E-state index contributed by atoms with van der Waals surface area (Å²) in [5.74, 6) is -0.689. The van der Waals surface area contributed by atoms with Crippen molar-refractivity contribution in [1.82, 2.24) is 4.90 Å². The molecule has 150 valence electrons. The Morgan fingerprint density at radius 2 is 2.04 bits per heavy atom. The topological polar surface area (TPSA) is 90.0 Å². The van der Waals surface area contributed by atoms with E-state index in [4.69, 9.17) is 21.1 Å². The number of sulfone groups is 1. The lowest BCUT2D eigenvalue weighted by Crippen LogP contribution is -2.45. The van der Waals surface area contributed by atoms with Crippen LogP contribution in [0.25, 0.3) is 0 Å². The zero-order valence-electron chi connectivity index (χ0n) is 15.6. The van der Waals surface area contributed by atoms with Crippen LogP contribution in [-0.4, -0.2) is 63.0 Å². The van der Waals surface area contributed by atoms with E-state index in [0.717, 1.165) is 0 Å². The summed E-state index contributed by atoms with van der Waals surface area (Å²) in [5.41, 5.74) is 0.122. The lowest BCUT2D eigenvalue weighted by atomic mass is 10.1. The highest BCUT2D eigenvalue weighted by Crippen LogP contribution is 2.24. The number of rotatable bonds is 7. The first-order chi connectivity index (χ1) is 12.6. The van der Waals surface area contributed by atoms with Crippen molar-refractivity contribution in [2.24, 2.45) is 5.92 Å². The molecular formula is C18H24ClNO6S. The Balaban J connectivity index is 2.07. The number of benzene rings is 1. The van der Waals surface area contributed by atoms with Gasteiger partial charge >= 0.3 is 5.97 Å². The van der Waals surface area contributed by atoms with E-state index in [0.29, 0.717) is 18.0 Å². The molecule has 7 nitrogen and oxygen atoms in total. The van der Waals surface area contributed by atoms with Crippen molar-refractivity contribution in [3.8, 4) is 5.75 Å². The van der Waals surface area contributed by atoms with E-state index in [1.165, 1.54) is 24.1 Å². The number of hydrogen-bond acceptors (Lipinski definition) is 6. The summed E-state index contributed by atoms with van der Waals surface area (Å²) in [6.07, 6.45) is 0.400. The molecule has 0 aromatic heterocycles. The summed E-state index contributed by atoms with van der Waals surface area (Å²) >= 11 is 5.91. The number of hydrogen-bond donors (Lipinski definition) is 0. The Labute approximate surface area is 164 Å². The molecule has 0 unspecified atom stereocenters. The molecule has 1 fully saturated rings. The zero-order valence-corrected chi connectivity index (χ0v) is 17.2. The number of nitrogens with zero attached hydrogens (tertiary/aromatic N) is 1. The molecule has 0 saturated carbocycles. The zero-order chi connectivity index (χ0) is 20.2. The maximum absolute atomic E-state index is 12.6. The van der Waals surface area contributed by atoms with Gasteiger partial charge in [0.25, 0.3) is 5.91 Å². The molecule has 0 aliphatic carbocycles. The third kappa shape index (κ3) is 5.84. The molecule has 0 radical (unpaired) electrons. The Bertz CT molecular complexity index is 808. The molecule has 1 amide bonds. The summed E-state index contributed by atoms with van der Waals surface area (Å²) in [6.45, 7) is 3.80.